The second-order valence-corrected chi connectivity index (χ2v) is 5.15. The number of nitrogens with one attached hydrogen (secondary N) is 1. The Bertz CT molecular complexity index is 449. The predicted octanol–water partition coefficient (Wildman–Crippen LogP) is 2.27. The summed E-state index contributed by atoms with van der Waals surface area (Å²) in [5.41, 5.74) is 4.88. The van der Waals surface area contributed by atoms with E-state index in [1.807, 2.05) is 26.0 Å². The van der Waals surface area contributed by atoms with Gasteiger partial charge < -0.3 is 20.7 Å². The topological polar surface area (TPSA) is 101 Å². The first kappa shape index (κ1) is 17.1. The molecule has 0 unspecified atom stereocenters. The van der Waals surface area contributed by atoms with E-state index in [9.17, 15) is 4.79 Å². The third-order valence-electron chi connectivity index (χ3n) is 3.62. The molecule has 0 saturated carbocycles. The smallest absolute Gasteiger partial charge is 0.233 e. The number of rotatable bonds is 9. The number of furan rings is 1. The van der Waals surface area contributed by atoms with Gasteiger partial charge >= 0.3 is 0 Å². The first-order valence-electron chi connectivity index (χ1n) is 7.39. The van der Waals surface area contributed by atoms with Gasteiger partial charge in [-0.3, -0.25) is 4.79 Å². The van der Waals surface area contributed by atoms with Gasteiger partial charge in [0.05, 0.1) is 6.26 Å². The van der Waals surface area contributed by atoms with Gasteiger partial charge in [-0.2, -0.15) is 0 Å². The molecule has 6 heteroatoms. The van der Waals surface area contributed by atoms with E-state index in [0.717, 1.165) is 18.6 Å². The molecular weight excluding hydrogens is 270 g/mol. The van der Waals surface area contributed by atoms with Crippen LogP contribution in [0.15, 0.2) is 28.0 Å². The second kappa shape index (κ2) is 8.34. The Balaban J connectivity index is 2.74. The molecule has 0 bridgehead atoms. The van der Waals surface area contributed by atoms with Crippen molar-refractivity contribution in [1.29, 1.82) is 0 Å². The number of amides is 1. The zero-order valence-corrected chi connectivity index (χ0v) is 12.8. The second-order valence-electron chi connectivity index (χ2n) is 5.15. The van der Waals surface area contributed by atoms with Gasteiger partial charge in [0.15, 0.2) is 5.84 Å². The van der Waals surface area contributed by atoms with E-state index in [0.29, 0.717) is 25.8 Å². The lowest BCUT2D eigenvalue weighted by molar-refractivity contribution is -0.128. The number of hydrogen-bond acceptors (Lipinski definition) is 4. The fourth-order valence-corrected chi connectivity index (χ4v) is 2.60. The summed E-state index contributed by atoms with van der Waals surface area (Å²) in [6, 6.07) is 3.67. The first-order chi connectivity index (χ1) is 10.1. The largest absolute Gasteiger partial charge is 0.469 e. The molecule has 6 nitrogen and oxygen atoms in total. The maximum Gasteiger partial charge on any atom is 0.233 e. The van der Waals surface area contributed by atoms with Crippen molar-refractivity contribution in [2.75, 3.05) is 6.54 Å². The van der Waals surface area contributed by atoms with Crippen LogP contribution in [-0.4, -0.2) is 23.5 Å². The van der Waals surface area contributed by atoms with Crippen molar-refractivity contribution in [1.82, 2.24) is 5.32 Å². The summed E-state index contributed by atoms with van der Waals surface area (Å²) < 4.78 is 5.22. The van der Waals surface area contributed by atoms with E-state index in [4.69, 9.17) is 15.4 Å². The summed E-state index contributed by atoms with van der Waals surface area (Å²) >= 11 is 0. The minimum Gasteiger partial charge on any atom is -0.469 e. The molecule has 0 spiro atoms. The van der Waals surface area contributed by atoms with Crippen LogP contribution in [0.5, 0.6) is 0 Å². The average Bonchev–Trinajstić information content (AvgIpc) is 2.99. The van der Waals surface area contributed by atoms with E-state index >= 15 is 0 Å². The molecule has 1 aromatic rings. The van der Waals surface area contributed by atoms with Crippen LogP contribution in [-0.2, 0) is 11.2 Å². The highest BCUT2D eigenvalue weighted by Gasteiger charge is 2.41. The van der Waals surface area contributed by atoms with Gasteiger partial charge in [-0.15, -0.1) is 0 Å². The Labute approximate surface area is 125 Å². The van der Waals surface area contributed by atoms with Crippen LogP contribution in [0.1, 0.15) is 45.3 Å². The van der Waals surface area contributed by atoms with Gasteiger partial charge in [0.25, 0.3) is 0 Å². The Hall–Kier alpha value is -1.98. The Morgan fingerprint density at radius 1 is 1.43 bits per heavy atom. The molecule has 0 radical (unpaired) electrons. The summed E-state index contributed by atoms with van der Waals surface area (Å²) in [7, 11) is 0. The van der Waals surface area contributed by atoms with Gasteiger partial charge in [-0.1, -0.05) is 31.8 Å². The number of oxime groups is 1. The Kier molecular flexibility index (Phi) is 6.78. The third-order valence-corrected chi connectivity index (χ3v) is 3.62. The number of hydrogen-bond donors (Lipinski definition) is 3. The van der Waals surface area contributed by atoms with Gasteiger partial charge in [0.1, 0.15) is 11.2 Å². The van der Waals surface area contributed by atoms with Gasteiger partial charge in [-0.05, 0) is 25.0 Å². The summed E-state index contributed by atoms with van der Waals surface area (Å²) in [6.07, 6.45) is 4.89. The number of amidine groups is 1. The highest BCUT2D eigenvalue weighted by atomic mass is 16.4. The van der Waals surface area contributed by atoms with Crippen molar-refractivity contribution in [2.24, 2.45) is 16.3 Å². The zero-order chi connectivity index (χ0) is 15.7. The SMILES string of the molecule is CCCC(CCC)(C(=O)NCCc1ccco1)C(N)=NO. The quantitative estimate of drug-likeness (QED) is 0.281. The lowest BCUT2D eigenvalue weighted by Gasteiger charge is -2.30. The van der Waals surface area contributed by atoms with Gasteiger partial charge in [0.2, 0.25) is 5.91 Å². The molecule has 21 heavy (non-hydrogen) atoms. The first-order valence-corrected chi connectivity index (χ1v) is 7.39. The normalized spacial score (nSPS) is 12.4. The monoisotopic (exact) mass is 295 g/mol. The molecule has 1 aromatic heterocycles. The van der Waals surface area contributed by atoms with Crippen molar-refractivity contribution < 1.29 is 14.4 Å². The summed E-state index contributed by atoms with van der Waals surface area (Å²) in [5.74, 6) is 0.616. The van der Waals surface area contributed by atoms with Gasteiger partial charge in [-0.25, -0.2) is 0 Å². The fraction of sp³-hybridized carbons (Fsp3) is 0.600. The Morgan fingerprint density at radius 2 is 2.10 bits per heavy atom. The highest BCUT2D eigenvalue weighted by molar-refractivity contribution is 6.06. The lowest BCUT2D eigenvalue weighted by atomic mass is 9.77. The standard InChI is InChI=1S/C15H25N3O3/c1-3-8-15(9-4-2,13(16)18-20)14(19)17-10-7-12-6-5-11-21-12/h5-6,11,20H,3-4,7-10H2,1-2H3,(H2,16,18)(H,17,19). The van der Waals surface area contributed by atoms with Crippen LogP contribution in [0.4, 0.5) is 0 Å². The zero-order valence-electron chi connectivity index (χ0n) is 12.8. The van der Waals surface area contributed by atoms with Crippen molar-refractivity contribution in [2.45, 2.75) is 46.0 Å². The Morgan fingerprint density at radius 3 is 2.57 bits per heavy atom. The van der Waals surface area contributed by atoms with E-state index in [2.05, 4.69) is 10.5 Å². The average molecular weight is 295 g/mol. The minimum absolute atomic E-state index is 0.0123. The molecule has 0 atom stereocenters. The summed E-state index contributed by atoms with van der Waals surface area (Å²) in [6.45, 7) is 4.41. The van der Waals surface area contributed by atoms with Crippen molar-refractivity contribution in [3.63, 3.8) is 0 Å². The molecule has 0 fully saturated rings. The van der Waals surface area contributed by atoms with E-state index < -0.39 is 5.41 Å². The van der Waals surface area contributed by atoms with E-state index in [1.165, 1.54) is 0 Å². The lowest BCUT2D eigenvalue weighted by Crippen LogP contribution is -2.50. The molecule has 0 aliphatic carbocycles. The van der Waals surface area contributed by atoms with E-state index in [-0.39, 0.29) is 11.7 Å². The molecule has 4 N–H and O–H groups in total. The molecule has 0 aromatic carbocycles. The number of nitrogens with two attached hydrogens (primary N) is 1. The van der Waals surface area contributed by atoms with Crippen molar-refractivity contribution in [3.05, 3.63) is 24.2 Å². The maximum atomic E-state index is 12.6. The predicted molar refractivity (Wildman–Crippen MR) is 81.1 cm³/mol. The molecule has 1 heterocycles. The number of carbonyl (C=O) groups is 1. The van der Waals surface area contributed by atoms with Crippen LogP contribution < -0.4 is 11.1 Å². The van der Waals surface area contributed by atoms with Crippen molar-refractivity contribution in [3.8, 4) is 0 Å². The third kappa shape index (κ3) is 4.24. The van der Waals surface area contributed by atoms with Crippen LogP contribution in [0.3, 0.4) is 0 Å². The molecular formula is C15H25N3O3. The highest BCUT2D eigenvalue weighted by Crippen LogP contribution is 2.30. The van der Waals surface area contributed by atoms with Crippen LogP contribution in [0, 0.1) is 5.41 Å². The molecule has 0 saturated heterocycles. The van der Waals surface area contributed by atoms with Crippen LogP contribution in [0.2, 0.25) is 0 Å². The van der Waals surface area contributed by atoms with Crippen molar-refractivity contribution >= 4 is 11.7 Å². The number of nitrogens with zero attached hydrogens (tertiary/aromatic N) is 1. The summed E-state index contributed by atoms with van der Waals surface area (Å²) in [5, 5.41) is 15.0. The fourth-order valence-electron chi connectivity index (χ4n) is 2.60. The van der Waals surface area contributed by atoms with E-state index in [1.54, 1.807) is 6.26 Å². The molecule has 0 aliphatic heterocycles. The minimum atomic E-state index is -0.929. The van der Waals surface area contributed by atoms with Gasteiger partial charge in [0, 0.05) is 13.0 Å². The maximum absolute atomic E-state index is 12.6. The molecule has 118 valence electrons. The molecule has 1 amide bonds. The van der Waals surface area contributed by atoms with Crippen LogP contribution in [0.25, 0.3) is 0 Å². The summed E-state index contributed by atoms with van der Waals surface area (Å²) in [4.78, 5) is 12.6. The molecule has 1 rings (SSSR count). The molecule has 0 aliphatic rings. The number of carbonyl (C=O) groups excluding carboxylic acids is 1. The van der Waals surface area contributed by atoms with Crippen LogP contribution >= 0.6 is 0 Å².